The van der Waals surface area contributed by atoms with Crippen molar-refractivity contribution in [3.05, 3.63) is 47.5 Å². The van der Waals surface area contributed by atoms with Crippen LogP contribution in [-0.4, -0.2) is 18.4 Å². The quantitative estimate of drug-likeness (QED) is 0.535. The maximum atomic E-state index is 2.48. The van der Waals surface area contributed by atoms with E-state index in [1.54, 1.807) is 2.89 Å². The van der Waals surface area contributed by atoms with Gasteiger partial charge in [-0.05, 0) is 0 Å². The summed E-state index contributed by atoms with van der Waals surface area (Å²) in [5.41, 5.74) is 2.75. The maximum absolute atomic E-state index is 2.48. The molecular weight excluding hydrogens is 363 g/mol. The molecule has 2 rings (SSSR count). The Morgan fingerprint density at radius 3 is 2.22 bits per heavy atom. The number of aryl methyl sites for hydroxylation is 1. The zero-order valence-corrected chi connectivity index (χ0v) is 16.0. The molecular formula is C15H20S2Sn. The van der Waals surface area contributed by atoms with Crippen molar-refractivity contribution < 1.29 is 0 Å². The second kappa shape index (κ2) is 6.01. The number of thiophene rings is 1. The molecule has 0 aliphatic heterocycles. The molecule has 0 spiro atoms. The molecule has 0 radical (unpaired) electrons. The minimum absolute atomic E-state index is 1.08. The molecule has 96 valence electrons. The molecule has 0 unspecified atom stereocenters. The molecule has 1 heterocycles. The molecule has 0 fully saturated rings. The zero-order valence-electron chi connectivity index (χ0n) is 11.5. The van der Waals surface area contributed by atoms with Crippen LogP contribution < -0.4 is 2.89 Å². The van der Waals surface area contributed by atoms with Gasteiger partial charge in [-0.2, -0.15) is 0 Å². The van der Waals surface area contributed by atoms with Crippen LogP contribution in [0.15, 0.2) is 40.6 Å². The Hall–Kier alpha value is 0.0687. The first-order chi connectivity index (χ1) is 8.45. The van der Waals surface area contributed by atoms with Crippen LogP contribution in [0, 0.1) is 6.92 Å². The van der Waals surface area contributed by atoms with Crippen LogP contribution in [-0.2, 0) is 5.75 Å². The molecule has 0 amide bonds. The summed E-state index contributed by atoms with van der Waals surface area (Å²) < 4.78 is 3.15. The van der Waals surface area contributed by atoms with E-state index in [9.17, 15) is 0 Å². The standard InChI is InChI=1S/C12H11S2.3CH3.Sn/c1-10-4-6-11(7-5-10)9-14-12-3-2-8-13-12;;;;/h2-7H,9H2,1H3;3*1H3;. The van der Waals surface area contributed by atoms with E-state index in [0.717, 1.165) is 5.75 Å². The van der Waals surface area contributed by atoms with Crippen LogP contribution >= 0.6 is 23.1 Å². The van der Waals surface area contributed by atoms with E-state index in [4.69, 9.17) is 0 Å². The molecule has 1 aromatic carbocycles. The van der Waals surface area contributed by atoms with Gasteiger partial charge in [-0.1, -0.05) is 0 Å². The Bertz CT molecular complexity index is 506. The minimum atomic E-state index is -1.84. The molecule has 0 atom stereocenters. The molecule has 0 saturated carbocycles. The normalized spacial score (nSPS) is 11.8. The topological polar surface area (TPSA) is 0 Å². The van der Waals surface area contributed by atoms with Crippen LogP contribution in [0.3, 0.4) is 0 Å². The van der Waals surface area contributed by atoms with E-state index < -0.39 is 18.4 Å². The van der Waals surface area contributed by atoms with Gasteiger partial charge < -0.3 is 0 Å². The summed E-state index contributed by atoms with van der Waals surface area (Å²) in [4.78, 5) is 7.44. The summed E-state index contributed by atoms with van der Waals surface area (Å²) in [6.45, 7) is 2.14. The van der Waals surface area contributed by atoms with Gasteiger partial charge >= 0.3 is 124 Å². The van der Waals surface area contributed by atoms with Crippen LogP contribution in [0.4, 0.5) is 0 Å². The predicted molar refractivity (Wildman–Crippen MR) is 88.0 cm³/mol. The van der Waals surface area contributed by atoms with E-state index in [1.807, 2.05) is 23.1 Å². The Balaban J connectivity index is 1.98. The average molecular weight is 383 g/mol. The van der Waals surface area contributed by atoms with E-state index in [0.29, 0.717) is 0 Å². The molecule has 0 aliphatic rings. The molecule has 0 bridgehead atoms. The molecule has 18 heavy (non-hydrogen) atoms. The number of rotatable bonds is 4. The first kappa shape index (κ1) is 14.5. The van der Waals surface area contributed by atoms with E-state index in [1.165, 1.54) is 15.3 Å². The Labute approximate surface area is 123 Å². The second-order valence-corrected chi connectivity index (χ2v) is 23.4. The second-order valence-electron chi connectivity index (χ2n) is 5.64. The van der Waals surface area contributed by atoms with Gasteiger partial charge in [0.05, 0.1) is 0 Å². The number of thioether (sulfide) groups is 1. The summed E-state index contributed by atoms with van der Waals surface area (Å²) in [6.07, 6.45) is 0. The van der Waals surface area contributed by atoms with Crippen molar-refractivity contribution in [2.75, 3.05) is 0 Å². The van der Waals surface area contributed by atoms with Crippen LogP contribution in [0.2, 0.25) is 14.8 Å². The monoisotopic (exact) mass is 384 g/mol. The van der Waals surface area contributed by atoms with Crippen molar-refractivity contribution in [3.8, 4) is 0 Å². The molecule has 0 aliphatic carbocycles. The summed E-state index contributed by atoms with van der Waals surface area (Å²) in [7, 11) is 0. The van der Waals surface area contributed by atoms with Crippen molar-refractivity contribution in [1.29, 1.82) is 0 Å². The summed E-state index contributed by atoms with van der Waals surface area (Å²) >= 11 is 2.15. The molecule has 3 heteroatoms. The zero-order chi connectivity index (χ0) is 13.2. The van der Waals surface area contributed by atoms with Crippen LogP contribution in [0.25, 0.3) is 0 Å². The van der Waals surface area contributed by atoms with Crippen molar-refractivity contribution in [2.45, 2.75) is 31.7 Å². The Morgan fingerprint density at radius 1 is 1.00 bits per heavy atom. The van der Waals surface area contributed by atoms with Gasteiger partial charge in [0.1, 0.15) is 0 Å². The molecule has 0 N–H and O–H groups in total. The van der Waals surface area contributed by atoms with Crippen LogP contribution in [0.5, 0.6) is 0 Å². The average Bonchev–Trinajstić information content (AvgIpc) is 2.77. The van der Waals surface area contributed by atoms with Crippen LogP contribution in [0.1, 0.15) is 11.1 Å². The van der Waals surface area contributed by atoms with Gasteiger partial charge in [-0.25, -0.2) is 0 Å². The van der Waals surface area contributed by atoms with Crippen molar-refractivity contribution >= 4 is 44.4 Å². The molecule has 1 aromatic heterocycles. The van der Waals surface area contributed by atoms with Gasteiger partial charge in [-0.15, -0.1) is 0 Å². The van der Waals surface area contributed by atoms with Gasteiger partial charge in [0.2, 0.25) is 0 Å². The van der Waals surface area contributed by atoms with E-state index in [2.05, 4.69) is 58.1 Å². The van der Waals surface area contributed by atoms with Crippen molar-refractivity contribution in [2.24, 2.45) is 0 Å². The van der Waals surface area contributed by atoms with E-state index in [-0.39, 0.29) is 0 Å². The fourth-order valence-electron chi connectivity index (χ4n) is 1.64. The third-order valence-corrected chi connectivity index (χ3v) is 14.7. The fraction of sp³-hybridized carbons (Fsp3) is 0.333. The molecule has 0 saturated heterocycles. The third-order valence-electron chi connectivity index (χ3n) is 2.82. The third kappa shape index (κ3) is 4.04. The first-order valence-corrected chi connectivity index (χ1v) is 18.0. The molecule has 2 aromatic rings. The van der Waals surface area contributed by atoms with Gasteiger partial charge in [-0.3, -0.25) is 0 Å². The Kier molecular flexibility index (Phi) is 4.84. The van der Waals surface area contributed by atoms with Crippen molar-refractivity contribution in [3.63, 3.8) is 0 Å². The number of benzene rings is 1. The van der Waals surface area contributed by atoms with Crippen molar-refractivity contribution in [1.82, 2.24) is 0 Å². The van der Waals surface area contributed by atoms with Gasteiger partial charge in [0.15, 0.2) is 0 Å². The Morgan fingerprint density at radius 2 is 1.67 bits per heavy atom. The fourth-order valence-corrected chi connectivity index (χ4v) is 9.64. The van der Waals surface area contributed by atoms with Gasteiger partial charge in [0, 0.05) is 0 Å². The summed E-state index contributed by atoms with van der Waals surface area (Å²) in [6, 6.07) is 13.5. The first-order valence-electron chi connectivity index (χ1n) is 6.24. The van der Waals surface area contributed by atoms with E-state index >= 15 is 0 Å². The van der Waals surface area contributed by atoms with Gasteiger partial charge in [0.25, 0.3) is 0 Å². The summed E-state index contributed by atoms with van der Waals surface area (Å²) in [5, 5.41) is 0. The number of hydrogen-bond donors (Lipinski definition) is 0. The predicted octanol–water partition coefficient (Wildman–Crippen LogP) is 4.89. The molecule has 0 nitrogen and oxygen atoms in total. The SMILES string of the molecule is Cc1ccc(CSc2cc[c]([Sn]([CH3])([CH3])[CH3])s2)cc1. The number of hydrogen-bond acceptors (Lipinski definition) is 2. The summed E-state index contributed by atoms with van der Waals surface area (Å²) in [5.74, 6) is 1.08.